The van der Waals surface area contributed by atoms with Crippen molar-refractivity contribution in [3.63, 3.8) is 0 Å². The Morgan fingerprint density at radius 1 is 1.05 bits per heavy atom. The molecule has 0 bridgehead atoms. The van der Waals surface area contributed by atoms with E-state index >= 15 is 0 Å². The van der Waals surface area contributed by atoms with Crippen LogP contribution >= 0.6 is 0 Å². The van der Waals surface area contributed by atoms with E-state index in [1.54, 1.807) is 44.1 Å². The molecule has 3 N–H and O–H groups in total. The van der Waals surface area contributed by atoms with Gasteiger partial charge in [-0.2, -0.15) is 10.1 Å². The Kier molecular flexibility index (Phi) is 8.09. The molecule has 3 aromatic heterocycles. The van der Waals surface area contributed by atoms with Crippen LogP contribution in [0.1, 0.15) is 32.4 Å². The van der Waals surface area contributed by atoms with Crippen molar-refractivity contribution in [2.45, 2.75) is 38.3 Å². The predicted octanol–water partition coefficient (Wildman–Crippen LogP) is 4.53. The molecule has 0 aliphatic carbocycles. The first kappa shape index (κ1) is 28.3. The maximum absolute atomic E-state index is 10.4. The fraction of sp³-hybridized carbons (Fsp3) is 0.400. The molecule has 1 aromatic carbocycles. The van der Waals surface area contributed by atoms with Crippen LogP contribution in [0.3, 0.4) is 0 Å². The molecule has 0 saturated carbocycles. The number of anilines is 5. The first-order chi connectivity index (χ1) is 19.6. The monoisotopic (exact) mass is 557 g/mol. The van der Waals surface area contributed by atoms with Gasteiger partial charge in [0, 0.05) is 61.5 Å². The molecule has 0 unspecified atom stereocenters. The Bertz CT molecular complexity index is 1490. The lowest BCUT2D eigenvalue weighted by atomic mass is 10.0. The molecule has 4 heterocycles. The maximum atomic E-state index is 10.4. The molecule has 1 fully saturated rings. The summed E-state index contributed by atoms with van der Waals surface area (Å²) in [4.78, 5) is 18.7. The molecule has 41 heavy (non-hydrogen) atoms. The smallest absolute Gasteiger partial charge is 0.229 e. The molecule has 1 aliphatic heterocycles. The second-order valence-electron chi connectivity index (χ2n) is 11.1. The van der Waals surface area contributed by atoms with Gasteiger partial charge in [-0.1, -0.05) is 6.07 Å². The number of pyridine rings is 1. The van der Waals surface area contributed by atoms with Gasteiger partial charge in [-0.25, -0.2) is 9.97 Å². The highest BCUT2D eigenvalue weighted by Gasteiger charge is 2.23. The summed E-state index contributed by atoms with van der Waals surface area (Å²) >= 11 is 0. The Morgan fingerprint density at radius 3 is 2.49 bits per heavy atom. The summed E-state index contributed by atoms with van der Waals surface area (Å²) in [6, 6.07) is 12.2. The lowest BCUT2D eigenvalue weighted by Crippen LogP contribution is -2.42. The lowest BCUT2D eigenvalue weighted by Gasteiger charge is -2.37. The van der Waals surface area contributed by atoms with E-state index in [1.807, 2.05) is 37.5 Å². The molecule has 11 heteroatoms. The van der Waals surface area contributed by atoms with Gasteiger partial charge in [-0.15, -0.1) is 0 Å². The number of nitrogens with zero attached hydrogens (tertiary/aromatic N) is 7. The molecule has 4 aromatic rings. The van der Waals surface area contributed by atoms with Gasteiger partial charge in [0.25, 0.3) is 0 Å². The number of hydrogen-bond acceptors (Lipinski definition) is 10. The quantitative estimate of drug-likeness (QED) is 0.271. The summed E-state index contributed by atoms with van der Waals surface area (Å²) in [5.41, 5.74) is 3.02. The standard InChI is InChI=1S/C30H39N9O2/c1-30(2,40)26-8-7-9-27(34-26)35-28-23(20-17-32-38(5)19-20)18-31-29(36-28)33-21-10-11-24(25(16-21)41-6)39-14-12-22(13-15-39)37(3)4/h7-11,16-19,22,40H,12-15H2,1-6H3,(H2,31,33,34,35,36). The molecule has 1 aliphatic rings. The van der Waals surface area contributed by atoms with E-state index in [4.69, 9.17) is 9.72 Å². The van der Waals surface area contributed by atoms with Crippen LogP contribution in [-0.2, 0) is 12.6 Å². The lowest BCUT2D eigenvalue weighted by molar-refractivity contribution is 0.0740. The van der Waals surface area contributed by atoms with E-state index in [-0.39, 0.29) is 0 Å². The van der Waals surface area contributed by atoms with Crippen LogP contribution in [0.4, 0.5) is 29.0 Å². The Labute approximate surface area is 241 Å². The highest BCUT2D eigenvalue weighted by molar-refractivity contribution is 5.78. The maximum Gasteiger partial charge on any atom is 0.229 e. The van der Waals surface area contributed by atoms with E-state index in [0.29, 0.717) is 29.3 Å². The van der Waals surface area contributed by atoms with Crippen LogP contribution < -0.4 is 20.3 Å². The number of hydrogen-bond donors (Lipinski definition) is 3. The van der Waals surface area contributed by atoms with Crippen LogP contribution in [0.2, 0.25) is 0 Å². The molecule has 0 spiro atoms. The summed E-state index contributed by atoms with van der Waals surface area (Å²) in [6.07, 6.45) is 7.67. The van der Waals surface area contributed by atoms with Gasteiger partial charge in [-0.3, -0.25) is 4.68 Å². The molecule has 216 valence electrons. The Morgan fingerprint density at radius 2 is 1.83 bits per heavy atom. The van der Waals surface area contributed by atoms with Crippen LogP contribution in [0.25, 0.3) is 11.1 Å². The van der Waals surface area contributed by atoms with Gasteiger partial charge < -0.3 is 30.3 Å². The highest BCUT2D eigenvalue weighted by atomic mass is 16.5. The molecular formula is C30H39N9O2. The van der Waals surface area contributed by atoms with Crippen molar-refractivity contribution in [3.8, 4) is 16.9 Å². The Balaban J connectivity index is 1.41. The van der Waals surface area contributed by atoms with Crippen LogP contribution in [0, 0.1) is 0 Å². The second kappa shape index (κ2) is 11.7. The largest absolute Gasteiger partial charge is 0.495 e. The van der Waals surface area contributed by atoms with E-state index in [1.165, 1.54) is 0 Å². The fourth-order valence-corrected chi connectivity index (χ4v) is 5.04. The zero-order valence-electron chi connectivity index (χ0n) is 24.6. The number of aromatic nitrogens is 5. The first-order valence-corrected chi connectivity index (χ1v) is 13.8. The van der Waals surface area contributed by atoms with Gasteiger partial charge in [0.2, 0.25) is 5.95 Å². The predicted molar refractivity (Wildman–Crippen MR) is 162 cm³/mol. The number of methoxy groups -OCH3 is 1. The number of benzene rings is 1. The van der Waals surface area contributed by atoms with Crippen molar-refractivity contribution in [1.29, 1.82) is 0 Å². The zero-order chi connectivity index (χ0) is 29.1. The first-order valence-electron chi connectivity index (χ1n) is 13.8. The van der Waals surface area contributed by atoms with Crippen molar-refractivity contribution in [2.75, 3.05) is 49.8 Å². The topological polar surface area (TPSA) is 116 Å². The van der Waals surface area contributed by atoms with Crippen molar-refractivity contribution in [2.24, 2.45) is 7.05 Å². The number of rotatable bonds is 9. The third-order valence-electron chi connectivity index (χ3n) is 7.40. The second-order valence-corrected chi connectivity index (χ2v) is 11.1. The van der Waals surface area contributed by atoms with E-state index in [0.717, 1.165) is 54.2 Å². The molecular weight excluding hydrogens is 518 g/mol. The number of ether oxygens (including phenoxy) is 1. The normalized spacial score (nSPS) is 14.4. The van der Waals surface area contributed by atoms with Gasteiger partial charge in [0.05, 0.1) is 24.7 Å². The highest BCUT2D eigenvalue weighted by Crippen LogP contribution is 2.35. The molecule has 5 rings (SSSR count). The minimum Gasteiger partial charge on any atom is -0.495 e. The number of aliphatic hydroxyl groups is 1. The average Bonchev–Trinajstić information content (AvgIpc) is 3.38. The van der Waals surface area contributed by atoms with Crippen molar-refractivity contribution in [3.05, 3.63) is 60.7 Å². The van der Waals surface area contributed by atoms with Gasteiger partial charge in [0.1, 0.15) is 23.0 Å². The van der Waals surface area contributed by atoms with Crippen molar-refractivity contribution in [1.82, 2.24) is 29.6 Å². The third-order valence-corrected chi connectivity index (χ3v) is 7.40. The van der Waals surface area contributed by atoms with E-state index in [2.05, 4.69) is 55.7 Å². The molecule has 11 nitrogen and oxygen atoms in total. The van der Waals surface area contributed by atoms with Crippen LogP contribution in [0.5, 0.6) is 5.75 Å². The third kappa shape index (κ3) is 6.58. The number of piperidine rings is 1. The molecule has 1 saturated heterocycles. The van der Waals surface area contributed by atoms with Crippen LogP contribution in [-0.4, -0.2) is 75.1 Å². The molecule has 0 amide bonds. The average molecular weight is 558 g/mol. The van der Waals surface area contributed by atoms with Gasteiger partial charge >= 0.3 is 0 Å². The summed E-state index contributed by atoms with van der Waals surface area (Å²) in [5.74, 6) is 2.34. The van der Waals surface area contributed by atoms with Crippen molar-refractivity contribution < 1.29 is 9.84 Å². The summed E-state index contributed by atoms with van der Waals surface area (Å²) < 4.78 is 7.52. The summed E-state index contributed by atoms with van der Waals surface area (Å²) in [5, 5.41) is 21.4. The number of nitrogens with one attached hydrogen (secondary N) is 2. The zero-order valence-corrected chi connectivity index (χ0v) is 24.6. The van der Waals surface area contributed by atoms with Crippen LogP contribution in [0.15, 0.2) is 55.0 Å². The van der Waals surface area contributed by atoms with Gasteiger partial charge in [-0.05, 0) is 65.0 Å². The minimum absolute atomic E-state index is 0.417. The Hall–Kier alpha value is -4.22. The summed E-state index contributed by atoms with van der Waals surface area (Å²) in [6.45, 7) is 5.39. The SMILES string of the molecule is COc1cc(Nc2ncc(-c3cnn(C)c3)c(Nc3cccc(C(C)(C)O)n3)n2)ccc1N1CCC(N(C)C)CC1. The molecule has 0 atom stereocenters. The van der Waals surface area contributed by atoms with E-state index in [9.17, 15) is 5.11 Å². The van der Waals surface area contributed by atoms with E-state index < -0.39 is 5.60 Å². The van der Waals surface area contributed by atoms with Crippen molar-refractivity contribution >= 4 is 29.0 Å². The van der Waals surface area contributed by atoms with Gasteiger partial charge in [0.15, 0.2) is 0 Å². The molecule has 0 radical (unpaired) electrons. The number of aryl methyl sites for hydroxylation is 1. The minimum atomic E-state index is -1.07. The summed E-state index contributed by atoms with van der Waals surface area (Å²) in [7, 11) is 7.86. The fourth-order valence-electron chi connectivity index (χ4n) is 5.04.